The normalized spacial score (nSPS) is 11.4. The summed E-state index contributed by atoms with van der Waals surface area (Å²) >= 11 is 1.31. The van der Waals surface area contributed by atoms with Crippen LogP contribution >= 0.6 is 11.3 Å². The van der Waals surface area contributed by atoms with Gasteiger partial charge in [0, 0.05) is 23.2 Å². The largest absolute Gasteiger partial charge is 0.573 e. The second kappa shape index (κ2) is 9.86. The molecule has 36 heavy (non-hydrogen) atoms. The predicted octanol–water partition coefficient (Wildman–Crippen LogP) is 5.42. The highest BCUT2D eigenvalue weighted by Crippen LogP contribution is 2.33. The standard InChI is InChI=1S/C25H20F3N3O4S/c1-14-19(22(29)32)11-21(31(14)12-15-3-5-17(6-4-15)24(33)34-2)20-13-36-23(30-20)16-7-9-18(10-8-16)35-25(26,27)28/h3-11,13H,12H2,1-2H3,(H2,29,32). The minimum Gasteiger partial charge on any atom is -0.465 e. The zero-order chi connectivity index (χ0) is 26.0. The minimum absolute atomic E-state index is 0.322. The van der Waals surface area contributed by atoms with Gasteiger partial charge < -0.3 is 19.8 Å². The van der Waals surface area contributed by atoms with Crippen LogP contribution in [0.5, 0.6) is 5.75 Å². The van der Waals surface area contributed by atoms with Crippen LogP contribution in [-0.4, -0.2) is 34.9 Å². The summed E-state index contributed by atoms with van der Waals surface area (Å²) in [6.45, 7) is 2.16. The Morgan fingerprint density at radius 1 is 1.08 bits per heavy atom. The molecule has 7 nitrogen and oxygen atoms in total. The third kappa shape index (κ3) is 5.41. The molecule has 2 aromatic heterocycles. The number of nitrogens with zero attached hydrogens (tertiary/aromatic N) is 2. The maximum absolute atomic E-state index is 12.4. The molecule has 0 radical (unpaired) electrons. The first-order valence-corrected chi connectivity index (χ1v) is 11.4. The fourth-order valence-electron chi connectivity index (χ4n) is 3.68. The van der Waals surface area contributed by atoms with Crippen molar-refractivity contribution in [2.75, 3.05) is 7.11 Å². The average molecular weight is 516 g/mol. The molecule has 0 spiro atoms. The summed E-state index contributed by atoms with van der Waals surface area (Å²) in [5, 5.41) is 2.38. The zero-order valence-electron chi connectivity index (χ0n) is 19.1. The van der Waals surface area contributed by atoms with Crippen LogP contribution in [0.25, 0.3) is 22.0 Å². The number of primary amides is 1. The lowest BCUT2D eigenvalue weighted by Gasteiger charge is -2.11. The molecule has 0 aliphatic carbocycles. The number of methoxy groups -OCH3 is 1. The quantitative estimate of drug-likeness (QED) is 0.332. The number of hydrogen-bond donors (Lipinski definition) is 1. The molecule has 0 bridgehead atoms. The number of halogens is 3. The van der Waals surface area contributed by atoms with Gasteiger partial charge >= 0.3 is 12.3 Å². The summed E-state index contributed by atoms with van der Waals surface area (Å²) in [4.78, 5) is 28.4. The van der Waals surface area contributed by atoms with E-state index in [1.165, 1.54) is 42.7 Å². The van der Waals surface area contributed by atoms with Crippen molar-refractivity contribution in [3.63, 3.8) is 0 Å². The van der Waals surface area contributed by atoms with E-state index in [2.05, 4.69) is 9.72 Å². The van der Waals surface area contributed by atoms with Gasteiger partial charge in [0.05, 0.1) is 29.6 Å². The summed E-state index contributed by atoms with van der Waals surface area (Å²) in [6.07, 6.45) is -4.77. The lowest BCUT2D eigenvalue weighted by atomic mass is 10.1. The molecule has 2 heterocycles. The molecule has 0 saturated carbocycles. The van der Waals surface area contributed by atoms with Gasteiger partial charge in [0.1, 0.15) is 10.8 Å². The molecule has 0 aliphatic rings. The molecule has 11 heteroatoms. The third-order valence-electron chi connectivity index (χ3n) is 5.45. The maximum atomic E-state index is 12.4. The van der Waals surface area contributed by atoms with E-state index < -0.39 is 18.2 Å². The molecule has 0 saturated heterocycles. The van der Waals surface area contributed by atoms with Crippen molar-refractivity contribution in [3.05, 3.63) is 82.4 Å². The van der Waals surface area contributed by atoms with E-state index in [-0.39, 0.29) is 5.75 Å². The molecular weight excluding hydrogens is 495 g/mol. The number of esters is 1. The van der Waals surface area contributed by atoms with E-state index in [4.69, 9.17) is 10.5 Å². The van der Waals surface area contributed by atoms with Gasteiger partial charge in [0.25, 0.3) is 5.91 Å². The van der Waals surface area contributed by atoms with Gasteiger partial charge in [0.15, 0.2) is 0 Å². The number of alkyl halides is 3. The molecular formula is C25H20F3N3O4S. The number of rotatable bonds is 7. The Balaban J connectivity index is 1.65. The summed E-state index contributed by atoms with van der Waals surface area (Å²) in [6, 6.07) is 14.0. The van der Waals surface area contributed by atoms with Crippen LogP contribution in [0.2, 0.25) is 0 Å². The molecule has 0 aliphatic heterocycles. The average Bonchev–Trinajstić information content (AvgIpc) is 3.44. The summed E-state index contributed by atoms with van der Waals surface area (Å²) in [5.41, 5.74) is 9.70. The summed E-state index contributed by atoms with van der Waals surface area (Å²) in [5.74, 6) is -1.34. The van der Waals surface area contributed by atoms with E-state index in [0.717, 1.165) is 5.56 Å². The van der Waals surface area contributed by atoms with E-state index in [9.17, 15) is 22.8 Å². The second-order valence-electron chi connectivity index (χ2n) is 7.78. The lowest BCUT2D eigenvalue weighted by molar-refractivity contribution is -0.274. The van der Waals surface area contributed by atoms with Crippen molar-refractivity contribution < 1.29 is 32.2 Å². The summed E-state index contributed by atoms with van der Waals surface area (Å²) in [7, 11) is 1.31. The van der Waals surface area contributed by atoms with Crippen LogP contribution in [0, 0.1) is 6.92 Å². The van der Waals surface area contributed by atoms with Crippen LogP contribution in [0.15, 0.2) is 60.0 Å². The Kier molecular flexibility index (Phi) is 6.84. The van der Waals surface area contributed by atoms with E-state index in [1.807, 2.05) is 4.57 Å². The Morgan fingerprint density at radius 2 is 1.75 bits per heavy atom. The zero-order valence-corrected chi connectivity index (χ0v) is 19.9. The number of hydrogen-bond acceptors (Lipinski definition) is 6. The molecule has 2 N–H and O–H groups in total. The summed E-state index contributed by atoms with van der Waals surface area (Å²) < 4.78 is 47.8. The number of nitrogens with two attached hydrogens (primary N) is 1. The predicted molar refractivity (Wildman–Crippen MR) is 128 cm³/mol. The number of benzene rings is 2. The van der Waals surface area contributed by atoms with Gasteiger partial charge in [-0.05, 0) is 55.0 Å². The van der Waals surface area contributed by atoms with Crippen LogP contribution in [0.4, 0.5) is 13.2 Å². The number of amides is 1. The smallest absolute Gasteiger partial charge is 0.465 e. The van der Waals surface area contributed by atoms with Gasteiger partial charge in [-0.3, -0.25) is 4.79 Å². The van der Waals surface area contributed by atoms with Gasteiger partial charge in [-0.25, -0.2) is 9.78 Å². The van der Waals surface area contributed by atoms with E-state index in [0.29, 0.717) is 45.3 Å². The highest BCUT2D eigenvalue weighted by Gasteiger charge is 2.31. The molecule has 2 aromatic carbocycles. The van der Waals surface area contributed by atoms with Crippen molar-refractivity contribution in [1.82, 2.24) is 9.55 Å². The molecule has 186 valence electrons. The van der Waals surface area contributed by atoms with Gasteiger partial charge in [0.2, 0.25) is 0 Å². The molecule has 4 rings (SSSR count). The minimum atomic E-state index is -4.77. The topological polar surface area (TPSA) is 96.4 Å². The highest BCUT2D eigenvalue weighted by molar-refractivity contribution is 7.13. The molecule has 0 atom stereocenters. The maximum Gasteiger partial charge on any atom is 0.573 e. The fraction of sp³-hybridized carbons (Fsp3) is 0.160. The lowest BCUT2D eigenvalue weighted by Crippen LogP contribution is -2.16. The first kappa shape index (κ1) is 25.0. The molecule has 0 fully saturated rings. The Bertz CT molecular complexity index is 1410. The molecule has 1 amide bonds. The molecule has 4 aromatic rings. The Hall–Kier alpha value is -4.12. The fourth-order valence-corrected chi connectivity index (χ4v) is 4.50. The number of carbonyl (C=O) groups excluding carboxylic acids is 2. The van der Waals surface area contributed by atoms with E-state index >= 15 is 0 Å². The first-order valence-electron chi connectivity index (χ1n) is 10.5. The number of thiazole rings is 1. The van der Waals surface area contributed by atoms with Gasteiger partial charge in [-0.2, -0.15) is 0 Å². The van der Waals surface area contributed by atoms with Crippen molar-refractivity contribution in [3.8, 4) is 27.7 Å². The van der Waals surface area contributed by atoms with E-state index in [1.54, 1.807) is 42.6 Å². The highest BCUT2D eigenvalue weighted by atomic mass is 32.1. The van der Waals surface area contributed by atoms with Crippen molar-refractivity contribution >= 4 is 23.2 Å². The van der Waals surface area contributed by atoms with Crippen LogP contribution in [0.3, 0.4) is 0 Å². The number of carbonyl (C=O) groups is 2. The Morgan fingerprint density at radius 3 is 2.33 bits per heavy atom. The third-order valence-corrected chi connectivity index (χ3v) is 6.34. The van der Waals surface area contributed by atoms with Crippen LogP contribution in [-0.2, 0) is 11.3 Å². The second-order valence-corrected chi connectivity index (χ2v) is 8.64. The van der Waals surface area contributed by atoms with Crippen LogP contribution in [0.1, 0.15) is 32.0 Å². The number of aromatic nitrogens is 2. The Labute approximate surface area is 207 Å². The van der Waals surface area contributed by atoms with Crippen molar-refractivity contribution in [1.29, 1.82) is 0 Å². The van der Waals surface area contributed by atoms with Gasteiger partial charge in [-0.1, -0.05) is 12.1 Å². The van der Waals surface area contributed by atoms with Crippen molar-refractivity contribution in [2.24, 2.45) is 5.73 Å². The van der Waals surface area contributed by atoms with Gasteiger partial charge in [-0.15, -0.1) is 24.5 Å². The monoisotopic (exact) mass is 515 g/mol. The number of ether oxygens (including phenoxy) is 2. The van der Waals surface area contributed by atoms with Crippen LogP contribution < -0.4 is 10.5 Å². The van der Waals surface area contributed by atoms with Crippen molar-refractivity contribution in [2.45, 2.75) is 19.8 Å². The SMILES string of the molecule is COC(=O)c1ccc(Cn2c(-c3csc(-c4ccc(OC(F)(F)F)cc4)n3)cc(C(N)=O)c2C)cc1. The first-order chi connectivity index (χ1) is 17.1. The molecule has 0 unspecified atom stereocenters.